The van der Waals surface area contributed by atoms with Gasteiger partial charge >= 0.3 is 0 Å². The van der Waals surface area contributed by atoms with Crippen LogP contribution in [0.25, 0.3) is 0 Å². The molecule has 0 aliphatic heterocycles. The normalized spacial score (nSPS) is 13.2. The van der Waals surface area contributed by atoms with Crippen LogP contribution in [-0.4, -0.2) is 19.4 Å². The summed E-state index contributed by atoms with van der Waals surface area (Å²) in [6.07, 6.45) is 0.950. The molecule has 0 amide bonds. The van der Waals surface area contributed by atoms with Gasteiger partial charge < -0.3 is 5.32 Å². The topological polar surface area (TPSA) is 29.1 Å². The molecule has 2 heteroatoms. The fraction of sp³-hybridized carbons (Fsp3) is 0.857. The van der Waals surface area contributed by atoms with Crippen molar-refractivity contribution in [1.29, 1.82) is 0 Å². The zero-order valence-corrected chi connectivity index (χ0v) is 6.40. The van der Waals surface area contributed by atoms with Crippen molar-refractivity contribution in [2.45, 2.75) is 20.3 Å². The van der Waals surface area contributed by atoms with Crippen LogP contribution in [0.5, 0.6) is 0 Å². The van der Waals surface area contributed by atoms with Crippen molar-refractivity contribution in [2.24, 2.45) is 5.92 Å². The lowest BCUT2D eigenvalue weighted by atomic mass is 10.0. The summed E-state index contributed by atoms with van der Waals surface area (Å²) >= 11 is 0. The van der Waals surface area contributed by atoms with Crippen molar-refractivity contribution in [3.8, 4) is 0 Å². The summed E-state index contributed by atoms with van der Waals surface area (Å²) in [5.41, 5.74) is 0. The Balaban J connectivity index is 3.27. The standard InChI is InChI=1S/C7H15NO/c1-6(7(2)9)4-5-8-3/h6,8H,4-5H2,1-3H3/t6-/m1/s1. The molecule has 1 N–H and O–H groups in total. The molecule has 0 aliphatic carbocycles. The molecule has 0 fully saturated rings. The largest absolute Gasteiger partial charge is 0.320 e. The highest BCUT2D eigenvalue weighted by molar-refractivity contribution is 5.77. The first-order valence-electron chi connectivity index (χ1n) is 3.33. The van der Waals surface area contributed by atoms with Gasteiger partial charge in [0.05, 0.1) is 0 Å². The molecule has 0 aromatic heterocycles. The van der Waals surface area contributed by atoms with Crippen molar-refractivity contribution in [2.75, 3.05) is 13.6 Å². The van der Waals surface area contributed by atoms with Gasteiger partial charge in [-0.25, -0.2) is 0 Å². The van der Waals surface area contributed by atoms with E-state index >= 15 is 0 Å². The fourth-order valence-corrected chi connectivity index (χ4v) is 0.564. The van der Waals surface area contributed by atoms with Gasteiger partial charge in [0, 0.05) is 5.92 Å². The molecule has 0 saturated carbocycles. The summed E-state index contributed by atoms with van der Waals surface area (Å²) in [6, 6.07) is 0. The third-order valence-electron chi connectivity index (χ3n) is 1.52. The van der Waals surface area contributed by atoms with Crippen LogP contribution in [-0.2, 0) is 4.79 Å². The predicted octanol–water partition coefficient (Wildman–Crippen LogP) is 0.821. The second kappa shape index (κ2) is 4.50. The Morgan fingerprint density at radius 3 is 2.56 bits per heavy atom. The maximum absolute atomic E-state index is 10.6. The minimum absolute atomic E-state index is 0.220. The van der Waals surface area contributed by atoms with Crippen LogP contribution in [0.15, 0.2) is 0 Å². The lowest BCUT2D eigenvalue weighted by Crippen LogP contribution is -2.15. The minimum atomic E-state index is 0.220. The second-order valence-electron chi connectivity index (χ2n) is 2.40. The average Bonchev–Trinajstić information content (AvgIpc) is 1.82. The lowest BCUT2D eigenvalue weighted by Gasteiger charge is -2.04. The van der Waals surface area contributed by atoms with E-state index in [1.165, 1.54) is 0 Å². The van der Waals surface area contributed by atoms with Gasteiger partial charge in [-0.15, -0.1) is 0 Å². The highest BCUT2D eigenvalue weighted by Gasteiger charge is 2.04. The molecule has 0 aromatic carbocycles. The van der Waals surface area contributed by atoms with Crippen molar-refractivity contribution < 1.29 is 4.79 Å². The summed E-state index contributed by atoms with van der Waals surface area (Å²) < 4.78 is 0. The van der Waals surface area contributed by atoms with Gasteiger partial charge in [0.1, 0.15) is 5.78 Å². The molecule has 1 atom stereocenters. The number of nitrogens with one attached hydrogen (secondary N) is 1. The summed E-state index contributed by atoms with van der Waals surface area (Å²) in [4.78, 5) is 10.6. The Hall–Kier alpha value is -0.370. The Morgan fingerprint density at radius 2 is 2.22 bits per heavy atom. The van der Waals surface area contributed by atoms with Crippen LogP contribution in [0.1, 0.15) is 20.3 Å². The smallest absolute Gasteiger partial charge is 0.132 e. The third kappa shape index (κ3) is 4.15. The first-order chi connectivity index (χ1) is 4.18. The molecule has 0 radical (unpaired) electrons. The Morgan fingerprint density at radius 1 is 1.67 bits per heavy atom. The Kier molecular flexibility index (Phi) is 4.32. The van der Waals surface area contributed by atoms with E-state index in [-0.39, 0.29) is 11.7 Å². The number of carbonyl (C=O) groups is 1. The van der Waals surface area contributed by atoms with Gasteiger partial charge in [-0.2, -0.15) is 0 Å². The first-order valence-corrected chi connectivity index (χ1v) is 3.33. The molecule has 0 bridgehead atoms. The van der Waals surface area contributed by atoms with E-state index in [4.69, 9.17) is 0 Å². The number of rotatable bonds is 4. The summed E-state index contributed by atoms with van der Waals surface area (Å²) in [6.45, 7) is 4.53. The van der Waals surface area contributed by atoms with Gasteiger partial charge in [0.2, 0.25) is 0 Å². The van der Waals surface area contributed by atoms with Gasteiger partial charge in [-0.3, -0.25) is 4.79 Å². The molecule has 54 valence electrons. The van der Waals surface area contributed by atoms with Crippen LogP contribution in [0, 0.1) is 5.92 Å². The van der Waals surface area contributed by atoms with Crippen molar-refractivity contribution >= 4 is 5.78 Å². The average molecular weight is 129 g/mol. The molecule has 2 nitrogen and oxygen atoms in total. The van der Waals surface area contributed by atoms with E-state index in [9.17, 15) is 4.79 Å². The quantitative estimate of drug-likeness (QED) is 0.609. The zero-order chi connectivity index (χ0) is 7.28. The fourth-order valence-electron chi connectivity index (χ4n) is 0.564. The molecule has 0 aromatic rings. The van der Waals surface area contributed by atoms with E-state index in [0.717, 1.165) is 13.0 Å². The van der Waals surface area contributed by atoms with Crippen LogP contribution < -0.4 is 5.32 Å². The molecule has 0 spiro atoms. The maximum Gasteiger partial charge on any atom is 0.132 e. The van der Waals surface area contributed by atoms with E-state index in [1.807, 2.05) is 14.0 Å². The predicted molar refractivity (Wildman–Crippen MR) is 38.4 cm³/mol. The highest BCUT2D eigenvalue weighted by Crippen LogP contribution is 2.00. The van der Waals surface area contributed by atoms with Crippen LogP contribution in [0.4, 0.5) is 0 Å². The highest BCUT2D eigenvalue weighted by atomic mass is 16.1. The number of hydrogen-bond donors (Lipinski definition) is 1. The lowest BCUT2D eigenvalue weighted by molar-refractivity contribution is -0.120. The van der Waals surface area contributed by atoms with E-state index in [0.29, 0.717) is 0 Å². The van der Waals surface area contributed by atoms with Gasteiger partial charge in [0.15, 0.2) is 0 Å². The summed E-state index contributed by atoms with van der Waals surface area (Å²) in [5.74, 6) is 0.503. The molecular formula is C7H15NO. The van der Waals surface area contributed by atoms with Crippen LogP contribution in [0.3, 0.4) is 0 Å². The molecule has 0 saturated heterocycles. The number of carbonyl (C=O) groups excluding carboxylic acids is 1. The Bertz CT molecular complexity index is 90.9. The molecular weight excluding hydrogens is 114 g/mol. The summed E-state index contributed by atoms with van der Waals surface area (Å²) in [7, 11) is 1.90. The molecule has 9 heavy (non-hydrogen) atoms. The Labute approximate surface area is 56.6 Å². The van der Waals surface area contributed by atoms with Gasteiger partial charge in [-0.05, 0) is 26.9 Å². The number of Topliss-reactive ketones (excluding diaryl/α,β-unsaturated/α-hetero) is 1. The molecule has 0 rings (SSSR count). The second-order valence-corrected chi connectivity index (χ2v) is 2.40. The molecule has 0 unspecified atom stereocenters. The van der Waals surface area contributed by atoms with Gasteiger partial charge in [-0.1, -0.05) is 6.92 Å². The van der Waals surface area contributed by atoms with Crippen molar-refractivity contribution in [1.82, 2.24) is 5.32 Å². The van der Waals surface area contributed by atoms with Crippen molar-refractivity contribution in [3.63, 3.8) is 0 Å². The maximum atomic E-state index is 10.6. The monoisotopic (exact) mass is 129 g/mol. The number of ketones is 1. The minimum Gasteiger partial charge on any atom is -0.320 e. The zero-order valence-electron chi connectivity index (χ0n) is 6.40. The van der Waals surface area contributed by atoms with Gasteiger partial charge in [0.25, 0.3) is 0 Å². The van der Waals surface area contributed by atoms with E-state index in [2.05, 4.69) is 5.32 Å². The first kappa shape index (κ1) is 8.63. The van der Waals surface area contributed by atoms with Crippen LogP contribution >= 0.6 is 0 Å². The number of hydrogen-bond acceptors (Lipinski definition) is 2. The molecule has 0 aliphatic rings. The third-order valence-corrected chi connectivity index (χ3v) is 1.52. The van der Waals surface area contributed by atoms with E-state index in [1.54, 1.807) is 6.92 Å². The summed E-state index contributed by atoms with van der Waals surface area (Å²) in [5, 5.41) is 3.00. The van der Waals surface area contributed by atoms with E-state index < -0.39 is 0 Å². The van der Waals surface area contributed by atoms with Crippen LogP contribution in [0.2, 0.25) is 0 Å². The van der Waals surface area contributed by atoms with Crippen molar-refractivity contribution in [3.05, 3.63) is 0 Å². The molecule has 0 heterocycles. The SMILES string of the molecule is CNCC[C@@H](C)C(C)=O.